The van der Waals surface area contributed by atoms with Crippen LogP contribution in [-0.2, 0) is 6.42 Å². The number of hydrogen-bond acceptors (Lipinski definition) is 3. The zero-order valence-electron chi connectivity index (χ0n) is 14.0. The number of aliphatic imine (C=N–C) groups is 1. The van der Waals surface area contributed by atoms with Crippen LogP contribution in [0.2, 0.25) is 20.1 Å². The van der Waals surface area contributed by atoms with E-state index in [-0.39, 0.29) is 0 Å². The lowest BCUT2D eigenvalue weighted by Gasteiger charge is -2.23. The third-order valence-corrected chi connectivity index (χ3v) is 6.84. The first-order valence-corrected chi connectivity index (χ1v) is 10.7. The van der Waals surface area contributed by atoms with Crippen molar-refractivity contribution >= 4 is 64.5 Å². The van der Waals surface area contributed by atoms with Gasteiger partial charge in [0.15, 0.2) is 0 Å². The Morgan fingerprint density at radius 2 is 1.73 bits per heavy atom. The van der Waals surface area contributed by atoms with Gasteiger partial charge in [-0.3, -0.25) is 4.99 Å². The van der Waals surface area contributed by atoms with Crippen LogP contribution < -0.4 is 0 Å². The quantitative estimate of drug-likeness (QED) is 0.345. The van der Waals surface area contributed by atoms with Gasteiger partial charge in [0.2, 0.25) is 0 Å². The Bertz CT molecular complexity index is 780. The number of halogens is 4. The Morgan fingerprint density at radius 3 is 2.42 bits per heavy atom. The van der Waals surface area contributed by atoms with E-state index in [9.17, 15) is 0 Å². The van der Waals surface area contributed by atoms with E-state index in [4.69, 9.17) is 46.4 Å². The Balaban J connectivity index is 1.71. The van der Waals surface area contributed by atoms with Crippen LogP contribution in [-0.4, -0.2) is 36.1 Å². The molecule has 7 heteroatoms. The minimum Gasteiger partial charge on any atom is -0.360 e. The summed E-state index contributed by atoms with van der Waals surface area (Å²) in [4.78, 5) is 7.52. The van der Waals surface area contributed by atoms with Crippen molar-refractivity contribution in [2.24, 2.45) is 4.99 Å². The molecule has 0 radical (unpaired) electrons. The van der Waals surface area contributed by atoms with Gasteiger partial charge in [-0.15, -0.1) is 11.8 Å². The van der Waals surface area contributed by atoms with Gasteiger partial charge >= 0.3 is 0 Å². The fraction of sp³-hybridized carbons (Fsp3) is 0.316. The number of benzene rings is 2. The molecular formula is C19H18Cl4N2S. The van der Waals surface area contributed by atoms with Crippen LogP contribution in [0.5, 0.6) is 0 Å². The predicted octanol–water partition coefficient (Wildman–Crippen LogP) is 6.74. The largest absolute Gasteiger partial charge is 0.360 e. The molecule has 0 N–H and O–H groups in total. The van der Waals surface area contributed by atoms with E-state index in [1.54, 1.807) is 17.8 Å². The summed E-state index contributed by atoms with van der Waals surface area (Å²) < 4.78 is 0. The van der Waals surface area contributed by atoms with E-state index in [2.05, 4.69) is 22.0 Å². The van der Waals surface area contributed by atoms with Gasteiger partial charge in [-0.05, 0) is 42.7 Å². The van der Waals surface area contributed by atoms with Gasteiger partial charge in [0.1, 0.15) is 0 Å². The molecule has 26 heavy (non-hydrogen) atoms. The lowest BCUT2D eigenvalue weighted by Crippen LogP contribution is -2.29. The van der Waals surface area contributed by atoms with E-state index in [0.717, 1.165) is 42.4 Å². The monoisotopic (exact) mass is 446 g/mol. The summed E-state index contributed by atoms with van der Waals surface area (Å²) in [5.74, 6) is 0. The molecule has 0 amide bonds. The van der Waals surface area contributed by atoms with Gasteiger partial charge in [-0.1, -0.05) is 58.5 Å². The molecule has 0 fully saturated rings. The fourth-order valence-electron chi connectivity index (χ4n) is 2.76. The second-order valence-corrected chi connectivity index (χ2v) is 9.12. The van der Waals surface area contributed by atoms with Gasteiger partial charge in [0, 0.05) is 28.3 Å². The molecule has 0 saturated carbocycles. The van der Waals surface area contributed by atoms with Crippen molar-refractivity contribution in [3.63, 3.8) is 0 Å². The van der Waals surface area contributed by atoms with Crippen LogP contribution in [0, 0.1) is 0 Å². The molecule has 1 heterocycles. The van der Waals surface area contributed by atoms with Crippen molar-refractivity contribution in [1.82, 2.24) is 4.90 Å². The van der Waals surface area contributed by atoms with Crippen LogP contribution in [0.25, 0.3) is 0 Å². The number of hydrogen-bond donors (Lipinski definition) is 0. The fourth-order valence-corrected chi connectivity index (χ4v) is 4.85. The smallest absolute Gasteiger partial charge is 0.0851 e. The van der Waals surface area contributed by atoms with E-state index in [0.29, 0.717) is 20.3 Å². The van der Waals surface area contributed by atoms with Crippen molar-refractivity contribution in [1.29, 1.82) is 0 Å². The average molecular weight is 448 g/mol. The molecule has 2 aromatic rings. The summed E-state index contributed by atoms with van der Waals surface area (Å²) in [7, 11) is 0. The van der Waals surface area contributed by atoms with Crippen LogP contribution in [0.3, 0.4) is 0 Å². The highest BCUT2D eigenvalue weighted by Crippen LogP contribution is 2.38. The van der Waals surface area contributed by atoms with Crippen LogP contribution in [0.1, 0.15) is 12.0 Å². The zero-order valence-corrected chi connectivity index (χ0v) is 17.8. The summed E-state index contributed by atoms with van der Waals surface area (Å²) >= 11 is 26.3. The first kappa shape index (κ1) is 20.2. The first-order chi connectivity index (χ1) is 12.5. The van der Waals surface area contributed by atoms with Gasteiger partial charge in [0.05, 0.1) is 28.0 Å². The van der Waals surface area contributed by atoms with E-state index in [1.165, 1.54) is 5.56 Å². The Hall–Kier alpha value is -0.580. The molecule has 1 aliphatic rings. The highest BCUT2D eigenvalue weighted by molar-refractivity contribution is 8.00. The molecule has 138 valence electrons. The molecule has 0 saturated heterocycles. The molecule has 2 nitrogen and oxygen atoms in total. The van der Waals surface area contributed by atoms with Gasteiger partial charge in [-0.25, -0.2) is 0 Å². The predicted molar refractivity (Wildman–Crippen MR) is 116 cm³/mol. The molecule has 1 aliphatic heterocycles. The van der Waals surface area contributed by atoms with E-state index in [1.807, 2.05) is 24.5 Å². The second kappa shape index (κ2) is 9.57. The van der Waals surface area contributed by atoms with Crippen LogP contribution >= 0.6 is 58.2 Å². The Morgan fingerprint density at radius 1 is 1.00 bits per heavy atom. The standard InChI is InChI=1S/C19H18Cl4N2S/c20-14-4-1-13(2-5-14)3-6-15(11-25-8-7-24-12-25)26-19-10-17(22)16(21)9-18(19)23/h1-2,4-5,9-10,12,15H,3,6-8,11H2. The topological polar surface area (TPSA) is 15.6 Å². The summed E-state index contributed by atoms with van der Waals surface area (Å²) in [6.45, 7) is 2.74. The molecule has 0 bridgehead atoms. The normalized spacial score (nSPS) is 14.8. The second-order valence-electron chi connectivity index (χ2n) is 6.12. The maximum Gasteiger partial charge on any atom is 0.0851 e. The summed E-state index contributed by atoms with van der Waals surface area (Å²) in [6.07, 6.45) is 3.91. The summed E-state index contributed by atoms with van der Waals surface area (Å²) in [6, 6.07) is 11.6. The molecule has 1 unspecified atom stereocenters. The summed E-state index contributed by atoms with van der Waals surface area (Å²) in [5.41, 5.74) is 1.27. The van der Waals surface area contributed by atoms with Crippen molar-refractivity contribution in [2.75, 3.05) is 19.6 Å². The zero-order chi connectivity index (χ0) is 18.5. The molecule has 1 atom stereocenters. The lowest BCUT2D eigenvalue weighted by molar-refractivity contribution is 0.455. The van der Waals surface area contributed by atoms with Crippen molar-refractivity contribution < 1.29 is 0 Å². The van der Waals surface area contributed by atoms with Gasteiger partial charge in [0.25, 0.3) is 0 Å². The Labute approximate surface area is 178 Å². The number of aryl methyl sites for hydroxylation is 1. The third-order valence-electron chi connectivity index (χ3n) is 4.14. The summed E-state index contributed by atoms with van der Waals surface area (Å²) in [5, 5.41) is 2.75. The number of thioether (sulfide) groups is 1. The Kier molecular flexibility index (Phi) is 7.42. The van der Waals surface area contributed by atoms with Crippen molar-refractivity contribution in [3.05, 3.63) is 62.1 Å². The van der Waals surface area contributed by atoms with E-state index < -0.39 is 0 Å². The molecule has 0 aliphatic carbocycles. The highest BCUT2D eigenvalue weighted by atomic mass is 35.5. The minimum absolute atomic E-state index is 0.352. The number of rotatable bonds is 7. The molecule has 2 aromatic carbocycles. The minimum atomic E-state index is 0.352. The van der Waals surface area contributed by atoms with Crippen molar-refractivity contribution in [2.45, 2.75) is 23.0 Å². The third kappa shape index (κ3) is 5.71. The first-order valence-electron chi connectivity index (χ1n) is 8.31. The highest BCUT2D eigenvalue weighted by Gasteiger charge is 2.18. The maximum absolute atomic E-state index is 6.38. The maximum atomic E-state index is 6.38. The van der Waals surface area contributed by atoms with Crippen LogP contribution in [0.4, 0.5) is 0 Å². The lowest BCUT2D eigenvalue weighted by atomic mass is 10.1. The molecule has 0 spiro atoms. The van der Waals surface area contributed by atoms with Gasteiger partial charge < -0.3 is 4.90 Å². The SMILES string of the molecule is Clc1ccc(CCC(CN2C=NCC2)Sc2cc(Cl)c(Cl)cc2Cl)cc1. The molecular weight excluding hydrogens is 430 g/mol. The molecule has 3 rings (SSSR count). The van der Waals surface area contributed by atoms with E-state index >= 15 is 0 Å². The number of nitrogens with zero attached hydrogens (tertiary/aromatic N) is 2. The molecule has 0 aromatic heterocycles. The average Bonchev–Trinajstić information content (AvgIpc) is 3.12. The van der Waals surface area contributed by atoms with Crippen LogP contribution in [0.15, 0.2) is 46.3 Å². The van der Waals surface area contributed by atoms with Gasteiger partial charge in [-0.2, -0.15) is 0 Å². The van der Waals surface area contributed by atoms with Crippen molar-refractivity contribution in [3.8, 4) is 0 Å².